The second-order valence-corrected chi connectivity index (χ2v) is 5.20. The molecule has 0 heterocycles. The van der Waals surface area contributed by atoms with Crippen molar-refractivity contribution in [1.29, 1.82) is 0 Å². The largest absolute Gasteiger partial charge is 0.489 e. The maximum Gasteiger partial charge on any atom is 0.170 e. The Labute approximate surface area is 142 Å². The van der Waals surface area contributed by atoms with E-state index in [-0.39, 0.29) is 6.61 Å². The lowest BCUT2D eigenvalue weighted by Gasteiger charge is -2.21. The molecule has 0 amide bonds. The van der Waals surface area contributed by atoms with E-state index in [9.17, 15) is 5.11 Å². The summed E-state index contributed by atoms with van der Waals surface area (Å²) >= 11 is 0. The van der Waals surface area contributed by atoms with Crippen LogP contribution in [0.15, 0.2) is 70.6 Å². The Morgan fingerprint density at radius 3 is 2.62 bits per heavy atom. The zero-order chi connectivity index (χ0) is 17.2. The molecule has 0 unspecified atom stereocenters. The van der Waals surface area contributed by atoms with E-state index in [0.717, 1.165) is 23.3 Å². The van der Waals surface area contributed by atoms with E-state index in [1.54, 1.807) is 13.1 Å². The van der Waals surface area contributed by atoms with Gasteiger partial charge in [-0.05, 0) is 36.8 Å². The molecule has 0 atom stereocenters. The van der Waals surface area contributed by atoms with Crippen molar-refractivity contribution in [2.45, 2.75) is 13.0 Å². The van der Waals surface area contributed by atoms with Gasteiger partial charge in [-0.3, -0.25) is 4.99 Å². The van der Waals surface area contributed by atoms with Crippen molar-refractivity contribution >= 4 is 5.71 Å². The van der Waals surface area contributed by atoms with Crippen LogP contribution in [0.3, 0.4) is 0 Å². The molecule has 2 rings (SSSR count). The van der Waals surface area contributed by atoms with Gasteiger partial charge in [0, 0.05) is 12.6 Å². The molecule has 0 aliphatic heterocycles. The van der Waals surface area contributed by atoms with Crippen LogP contribution in [0.2, 0.25) is 0 Å². The van der Waals surface area contributed by atoms with Crippen LogP contribution in [0, 0.1) is 0 Å². The first-order chi connectivity index (χ1) is 11.8. The Bertz CT molecular complexity index is 646. The second-order valence-electron chi connectivity index (χ2n) is 5.20. The van der Waals surface area contributed by atoms with Gasteiger partial charge in [-0.25, -0.2) is 0 Å². The highest BCUT2D eigenvalue weighted by Gasteiger charge is 2.21. The van der Waals surface area contributed by atoms with Crippen molar-refractivity contribution in [3.05, 3.63) is 71.2 Å². The summed E-state index contributed by atoms with van der Waals surface area (Å²) < 4.78 is 11.8. The van der Waals surface area contributed by atoms with Crippen LogP contribution in [0.25, 0.3) is 0 Å². The van der Waals surface area contributed by atoms with Gasteiger partial charge in [-0.2, -0.15) is 0 Å². The molecule has 0 saturated carbocycles. The number of allylic oxidation sites excluding steroid dienone is 3. The molecule has 1 aromatic rings. The van der Waals surface area contributed by atoms with Gasteiger partial charge in [0.15, 0.2) is 11.5 Å². The average Bonchev–Trinajstić information content (AvgIpc) is 2.62. The molecule has 3 N–H and O–H groups in total. The SMILES string of the molecule is CN=C1C=CC(OCc2ccccc2)=C(OCCCN)/C1=C/CO. The van der Waals surface area contributed by atoms with Crippen LogP contribution in [0.1, 0.15) is 12.0 Å². The third-order valence-corrected chi connectivity index (χ3v) is 3.51. The molecule has 5 heteroatoms. The number of aliphatic imine (C=N–C) groups is 1. The van der Waals surface area contributed by atoms with Gasteiger partial charge in [0.1, 0.15) is 6.61 Å². The summed E-state index contributed by atoms with van der Waals surface area (Å²) in [4.78, 5) is 4.23. The van der Waals surface area contributed by atoms with Crippen molar-refractivity contribution in [2.24, 2.45) is 10.7 Å². The van der Waals surface area contributed by atoms with E-state index in [0.29, 0.717) is 31.3 Å². The molecule has 24 heavy (non-hydrogen) atoms. The number of nitrogens with zero attached hydrogens (tertiary/aromatic N) is 1. The van der Waals surface area contributed by atoms with E-state index in [1.165, 1.54) is 0 Å². The number of aliphatic hydroxyl groups excluding tert-OH is 1. The lowest BCUT2D eigenvalue weighted by Crippen LogP contribution is -2.15. The van der Waals surface area contributed by atoms with Crippen LogP contribution >= 0.6 is 0 Å². The maximum absolute atomic E-state index is 9.32. The van der Waals surface area contributed by atoms with Crippen molar-refractivity contribution in [1.82, 2.24) is 0 Å². The molecule has 1 aliphatic rings. The lowest BCUT2D eigenvalue weighted by molar-refractivity contribution is 0.159. The van der Waals surface area contributed by atoms with Crippen molar-refractivity contribution in [2.75, 3.05) is 26.8 Å². The number of hydrogen-bond acceptors (Lipinski definition) is 5. The Morgan fingerprint density at radius 1 is 1.17 bits per heavy atom. The fourth-order valence-corrected chi connectivity index (χ4v) is 2.31. The third-order valence-electron chi connectivity index (χ3n) is 3.51. The molecule has 0 bridgehead atoms. The van der Waals surface area contributed by atoms with Gasteiger partial charge in [-0.1, -0.05) is 30.3 Å². The zero-order valence-corrected chi connectivity index (χ0v) is 13.9. The minimum atomic E-state index is -0.0993. The topological polar surface area (TPSA) is 77.1 Å². The maximum atomic E-state index is 9.32. The fourth-order valence-electron chi connectivity index (χ4n) is 2.31. The number of benzene rings is 1. The summed E-state index contributed by atoms with van der Waals surface area (Å²) in [5, 5.41) is 9.32. The quantitative estimate of drug-likeness (QED) is 0.718. The summed E-state index contributed by atoms with van der Waals surface area (Å²) in [6, 6.07) is 9.93. The molecule has 0 radical (unpaired) electrons. The second kappa shape index (κ2) is 9.70. The molecule has 5 nitrogen and oxygen atoms in total. The Morgan fingerprint density at radius 2 is 1.96 bits per heavy atom. The first-order valence-electron chi connectivity index (χ1n) is 8.00. The number of aliphatic hydroxyl groups is 1. The van der Waals surface area contributed by atoms with E-state index in [4.69, 9.17) is 15.2 Å². The highest BCUT2D eigenvalue weighted by molar-refractivity contribution is 6.12. The van der Waals surface area contributed by atoms with Gasteiger partial charge >= 0.3 is 0 Å². The van der Waals surface area contributed by atoms with E-state index in [1.807, 2.05) is 42.5 Å². The standard InChI is InChI=1S/C19H24N2O3/c1-21-17-8-9-18(24-14-15-6-3-2-4-7-15)19(16(17)10-12-22)23-13-5-11-20/h2-4,6-10,22H,5,11-14,20H2,1H3/b16-10+,21-17?. The zero-order valence-electron chi connectivity index (χ0n) is 13.9. The van der Waals surface area contributed by atoms with Gasteiger partial charge < -0.3 is 20.3 Å². The monoisotopic (exact) mass is 328 g/mol. The van der Waals surface area contributed by atoms with Crippen LogP contribution in [-0.4, -0.2) is 37.6 Å². The molecular weight excluding hydrogens is 304 g/mol. The van der Waals surface area contributed by atoms with E-state index >= 15 is 0 Å². The predicted molar refractivity (Wildman–Crippen MR) is 95.5 cm³/mol. The number of rotatable bonds is 8. The summed E-state index contributed by atoms with van der Waals surface area (Å²) in [7, 11) is 1.71. The highest BCUT2D eigenvalue weighted by Crippen LogP contribution is 2.26. The molecular formula is C19H24N2O3. The number of nitrogens with two attached hydrogens (primary N) is 1. The van der Waals surface area contributed by atoms with Crippen LogP contribution in [0.5, 0.6) is 0 Å². The van der Waals surface area contributed by atoms with E-state index in [2.05, 4.69) is 4.99 Å². The van der Waals surface area contributed by atoms with Gasteiger partial charge in [-0.15, -0.1) is 0 Å². The summed E-state index contributed by atoms with van der Waals surface area (Å²) in [5.41, 5.74) is 8.10. The Kier molecular flexibility index (Phi) is 7.26. The van der Waals surface area contributed by atoms with Gasteiger partial charge in [0.25, 0.3) is 0 Å². The predicted octanol–water partition coefficient (Wildman–Crippen LogP) is 2.34. The van der Waals surface area contributed by atoms with Crippen LogP contribution in [-0.2, 0) is 16.1 Å². The number of ether oxygens (including phenoxy) is 2. The molecule has 0 saturated heterocycles. The van der Waals surface area contributed by atoms with Gasteiger partial charge in [0.2, 0.25) is 0 Å². The van der Waals surface area contributed by atoms with Crippen molar-refractivity contribution in [3.8, 4) is 0 Å². The van der Waals surface area contributed by atoms with E-state index < -0.39 is 0 Å². The minimum Gasteiger partial charge on any atom is -0.489 e. The summed E-state index contributed by atoms with van der Waals surface area (Å²) in [6.45, 7) is 1.38. The average molecular weight is 328 g/mol. The summed E-state index contributed by atoms with van der Waals surface area (Å²) in [5.74, 6) is 1.22. The highest BCUT2D eigenvalue weighted by atomic mass is 16.5. The molecule has 1 aliphatic carbocycles. The minimum absolute atomic E-state index is 0.0993. The third kappa shape index (κ3) is 4.81. The lowest BCUT2D eigenvalue weighted by atomic mass is 10.0. The number of hydrogen-bond donors (Lipinski definition) is 2. The molecule has 0 spiro atoms. The first kappa shape index (κ1) is 18.0. The first-order valence-corrected chi connectivity index (χ1v) is 8.00. The van der Waals surface area contributed by atoms with Crippen LogP contribution in [0.4, 0.5) is 0 Å². The van der Waals surface area contributed by atoms with Crippen molar-refractivity contribution in [3.63, 3.8) is 0 Å². The summed E-state index contributed by atoms with van der Waals surface area (Å²) in [6.07, 6.45) is 6.12. The van der Waals surface area contributed by atoms with Crippen molar-refractivity contribution < 1.29 is 14.6 Å². The smallest absolute Gasteiger partial charge is 0.170 e. The van der Waals surface area contributed by atoms with Crippen LogP contribution < -0.4 is 5.73 Å². The molecule has 128 valence electrons. The Hall–Kier alpha value is -2.37. The Balaban J connectivity index is 2.24. The normalized spacial score (nSPS) is 17.6. The molecule has 0 fully saturated rings. The molecule has 1 aromatic carbocycles. The molecule has 0 aromatic heterocycles. The fraction of sp³-hybridized carbons (Fsp3) is 0.316. The van der Waals surface area contributed by atoms with Gasteiger partial charge in [0.05, 0.1) is 18.9 Å².